The van der Waals surface area contributed by atoms with Crippen LogP contribution in [0.4, 0.5) is 0 Å². The van der Waals surface area contributed by atoms with Crippen molar-refractivity contribution in [2.24, 2.45) is 11.8 Å². The van der Waals surface area contributed by atoms with Crippen molar-refractivity contribution in [3.8, 4) is 0 Å². The third-order valence-electron chi connectivity index (χ3n) is 4.45. The van der Waals surface area contributed by atoms with Crippen LogP contribution in [0, 0.1) is 11.8 Å². The van der Waals surface area contributed by atoms with E-state index in [1.807, 2.05) is 0 Å². The summed E-state index contributed by atoms with van der Waals surface area (Å²) in [7, 11) is 2.11. The highest BCUT2D eigenvalue weighted by Crippen LogP contribution is 2.38. The SMILES string of the molecule is CN1C[C@H]2CCCC[C@H]2C[C@@H]1C(=O)NC(C)(C)C. The number of rotatable bonds is 1. The Hall–Kier alpha value is -0.570. The molecule has 0 radical (unpaired) electrons. The molecule has 2 rings (SSSR count). The third-order valence-corrected chi connectivity index (χ3v) is 4.45. The maximum atomic E-state index is 12.3. The average molecular weight is 252 g/mol. The highest BCUT2D eigenvalue weighted by Gasteiger charge is 2.38. The molecule has 2 fully saturated rings. The van der Waals surface area contributed by atoms with Gasteiger partial charge in [0.05, 0.1) is 6.04 Å². The molecule has 3 heteroatoms. The van der Waals surface area contributed by atoms with Crippen LogP contribution in [0.3, 0.4) is 0 Å². The van der Waals surface area contributed by atoms with Gasteiger partial charge in [0.2, 0.25) is 5.91 Å². The topological polar surface area (TPSA) is 32.3 Å². The fraction of sp³-hybridized carbons (Fsp3) is 0.933. The summed E-state index contributed by atoms with van der Waals surface area (Å²) < 4.78 is 0. The van der Waals surface area contributed by atoms with Gasteiger partial charge in [-0.3, -0.25) is 9.69 Å². The van der Waals surface area contributed by atoms with Gasteiger partial charge in [-0.15, -0.1) is 0 Å². The summed E-state index contributed by atoms with van der Waals surface area (Å²) in [5, 5.41) is 3.13. The fourth-order valence-electron chi connectivity index (χ4n) is 3.56. The fourth-order valence-corrected chi connectivity index (χ4v) is 3.56. The largest absolute Gasteiger partial charge is 0.350 e. The van der Waals surface area contributed by atoms with Crippen molar-refractivity contribution in [2.75, 3.05) is 13.6 Å². The Balaban J connectivity index is 1.98. The second-order valence-electron chi connectivity index (χ2n) is 7.23. The van der Waals surface area contributed by atoms with Crippen LogP contribution in [0.15, 0.2) is 0 Å². The lowest BCUT2D eigenvalue weighted by Gasteiger charge is -2.44. The molecule has 1 saturated heterocycles. The van der Waals surface area contributed by atoms with Crippen LogP contribution in [0.2, 0.25) is 0 Å². The Morgan fingerprint density at radius 2 is 1.78 bits per heavy atom. The maximum Gasteiger partial charge on any atom is 0.237 e. The molecule has 0 spiro atoms. The molecule has 1 saturated carbocycles. The molecule has 3 nitrogen and oxygen atoms in total. The number of likely N-dealkylation sites (N-methyl/N-ethyl adjacent to an activating group) is 1. The predicted octanol–water partition coefficient (Wildman–Crippen LogP) is 2.41. The van der Waals surface area contributed by atoms with Crippen LogP contribution in [0.1, 0.15) is 52.9 Å². The Morgan fingerprint density at radius 1 is 1.17 bits per heavy atom. The molecule has 0 aromatic heterocycles. The molecule has 0 unspecified atom stereocenters. The summed E-state index contributed by atoms with van der Waals surface area (Å²) >= 11 is 0. The molecular weight excluding hydrogens is 224 g/mol. The van der Waals surface area contributed by atoms with Crippen LogP contribution in [0.5, 0.6) is 0 Å². The number of hydrogen-bond donors (Lipinski definition) is 1. The van der Waals surface area contributed by atoms with E-state index in [-0.39, 0.29) is 17.5 Å². The zero-order valence-corrected chi connectivity index (χ0v) is 12.3. The van der Waals surface area contributed by atoms with E-state index in [9.17, 15) is 4.79 Å². The molecule has 3 atom stereocenters. The van der Waals surface area contributed by atoms with Crippen molar-refractivity contribution < 1.29 is 4.79 Å². The van der Waals surface area contributed by atoms with Gasteiger partial charge in [-0.2, -0.15) is 0 Å². The molecule has 0 bridgehead atoms. The summed E-state index contributed by atoms with van der Waals surface area (Å²) in [5.74, 6) is 1.84. The second-order valence-corrected chi connectivity index (χ2v) is 7.23. The molecule has 0 aromatic carbocycles. The molecule has 0 aromatic rings. The van der Waals surface area contributed by atoms with Gasteiger partial charge >= 0.3 is 0 Å². The van der Waals surface area contributed by atoms with Crippen LogP contribution in [-0.4, -0.2) is 36.0 Å². The highest BCUT2D eigenvalue weighted by atomic mass is 16.2. The minimum Gasteiger partial charge on any atom is -0.350 e. The number of nitrogens with zero attached hydrogens (tertiary/aromatic N) is 1. The van der Waals surface area contributed by atoms with E-state index in [0.717, 1.165) is 24.8 Å². The molecule has 1 amide bonds. The lowest BCUT2D eigenvalue weighted by molar-refractivity contribution is -0.130. The molecule has 104 valence electrons. The molecule has 2 aliphatic rings. The molecule has 18 heavy (non-hydrogen) atoms. The van der Waals surface area contributed by atoms with Crippen molar-refractivity contribution >= 4 is 5.91 Å². The molecular formula is C15H28N2O. The van der Waals surface area contributed by atoms with Crippen molar-refractivity contribution in [3.05, 3.63) is 0 Å². The first-order valence-corrected chi connectivity index (χ1v) is 7.39. The third kappa shape index (κ3) is 3.25. The first-order chi connectivity index (χ1) is 8.37. The smallest absolute Gasteiger partial charge is 0.237 e. The lowest BCUT2D eigenvalue weighted by Crippen LogP contribution is -2.56. The molecule has 1 N–H and O–H groups in total. The van der Waals surface area contributed by atoms with Crippen LogP contribution < -0.4 is 5.32 Å². The second kappa shape index (κ2) is 5.20. The van der Waals surface area contributed by atoms with E-state index >= 15 is 0 Å². The minimum atomic E-state index is -0.124. The van der Waals surface area contributed by atoms with E-state index in [1.54, 1.807) is 0 Å². The monoisotopic (exact) mass is 252 g/mol. The Kier molecular flexibility index (Phi) is 4.00. The number of nitrogens with one attached hydrogen (secondary N) is 1. The average Bonchev–Trinajstić information content (AvgIpc) is 2.25. The maximum absolute atomic E-state index is 12.3. The standard InChI is InChI=1S/C15H28N2O/c1-15(2,3)16-14(18)13-9-11-7-5-6-8-12(11)10-17(13)4/h11-13H,5-10H2,1-4H3,(H,16,18)/t11-,12+,13+/m0/s1. The van der Waals surface area contributed by atoms with Crippen LogP contribution >= 0.6 is 0 Å². The number of hydrogen-bond acceptors (Lipinski definition) is 2. The van der Waals surface area contributed by atoms with Crippen LogP contribution in [0.25, 0.3) is 0 Å². The lowest BCUT2D eigenvalue weighted by atomic mass is 9.73. The van der Waals surface area contributed by atoms with E-state index < -0.39 is 0 Å². The number of carbonyl (C=O) groups is 1. The predicted molar refractivity (Wildman–Crippen MR) is 74.4 cm³/mol. The van der Waals surface area contributed by atoms with Gasteiger partial charge in [-0.05, 0) is 52.5 Å². The number of carbonyl (C=O) groups excluding carboxylic acids is 1. The Morgan fingerprint density at radius 3 is 2.39 bits per heavy atom. The zero-order valence-electron chi connectivity index (χ0n) is 12.3. The summed E-state index contributed by atoms with van der Waals surface area (Å²) in [6.07, 6.45) is 6.50. The number of likely N-dealkylation sites (tertiary alicyclic amines) is 1. The first kappa shape index (κ1) is 13.9. The van der Waals surface area contributed by atoms with Gasteiger partial charge < -0.3 is 5.32 Å². The molecule has 1 aliphatic carbocycles. The normalized spacial score (nSPS) is 33.9. The number of amides is 1. The summed E-state index contributed by atoms with van der Waals surface area (Å²) in [5.41, 5.74) is -0.124. The van der Waals surface area contributed by atoms with Gasteiger partial charge in [-0.25, -0.2) is 0 Å². The summed E-state index contributed by atoms with van der Waals surface area (Å²) in [4.78, 5) is 14.6. The highest BCUT2D eigenvalue weighted by molar-refractivity contribution is 5.82. The Labute approximate surface area is 111 Å². The molecule has 1 aliphatic heterocycles. The van der Waals surface area contributed by atoms with Gasteiger partial charge in [-0.1, -0.05) is 19.3 Å². The van der Waals surface area contributed by atoms with E-state index in [0.29, 0.717) is 0 Å². The van der Waals surface area contributed by atoms with E-state index in [1.165, 1.54) is 25.7 Å². The first-order valence-electron chi connectivity index (χ1n) is 7.39. The molecule has 1 heterocycles. The quantitative estimate of drug-likeness (QED) is 0.777. The van der Waals surface area contributed by atoms with Gasteiger partial charge in [0.1, 0.15) is 0 Å². The van der Waals surface area contributed by atoms with Gasteiger partial charge in [0.25, 0.3) is 0 Å². The summed E-state index contributed by atoms with van der Waals surface area (Å²) in [6.45, 7) is 7.26. The van der Waals surface area contributed by atoms with Crippen molar-refractivity contribution in [3.63, 3.8) is 0 Å². The van der Waals surface area contributed by atoms with Crippen LogP contribution in [-0.2, 0) is 4.79 Å². The van der Waals surface area contributed by atoms with E-state index in [4.69, 9.17) is 0 Å². The Bertz CT molecular complexity index is 308. The zero-order chi connectivity index (χ0) is 13.3. The van der Waals surface area contributed by atoms with E-state index in [2.05, 4.69) is 38.0 Å². The number of fused-ring (bicyclic) bond motifs is 1. The summed E-state index contributed by atoms with van der Waals surface area (Å²) in [6, 6.07) is 0.0866. The minimum absolute atomic E-state index is 0.0866. The number of piperidine rings is 1. The van der Waals surface area contributed by atoms with Crippen molar-refractivity contribution in [1.29, 1.82) is 0 Å². The van der Waals surface area contributed by atoms with Crippen molar-refractivity contribution in [2.45, 2.75) is 64.5 Å². The van der Waals surface area contributed by atoms with Gasteiger partial charge in [0, 0.05) is 12.1 Å². The van der Waals surface area contributed by atoms with Gasteiger partial charge in [0.15, 0.2) is 0 Å². The van der Waals surface area contributed by atoms with Crippen molar-refractivity contribution in [1.82, 2.24) is 10.2 Å².